The van der Waals surface area contributed by atoms with Crippen LogP contribution in [-0.4, -0.2) is 26.2 Å². The second kappa shape index (κ2) is 5.93. The van der Waals surface area contributed by atoms with Crippen molar-refractivity contribution in [1.82, 2.24) is 0 Å². The molecule has 24 heavy (non-hydrogen) atoms. The van der Waals surface area contributed by atoms with Gasteiger partial charge in [0.1, 0.15) is 5.41 Å². The zero-order chi connectivity index (χ0) is 17.5. The van der Waals surface area contributed by atoms with Crippen LogP contribution in [0.2, 0.25) is 0 Å². The first kappa shape index (κ1) is 16.5. The van der Waals surface area contributed by atoms with Crippen molar-refractivity contribution >= 4 is 11.9 Å². The molecule has 3 rings (SSSR count). The first-order valence-corrected chi connectivity index (χ1v) is 8.11. The van der Waals surface area contributed by atoms with Gasteiger partial charge in [-0.3, -0.25) is 4.79 Å². The highest BCUT2D eigenvalue weighted by Crippen LogP contribution is 2.54. The lowest BCUT2D eigenvalue weighted by molar-refractivity contribution is -0.146. The number of allylic oxidation sites excluding steroid dienone is 2. The highest BCUT2D eigenvalue weighted by atomic mass is 16.5. The summed E-state index contributed by atoms with van der Waals surface area (Å²) in [6.45, 7) is 6.12. The second-order valence-electron chi connectivity index (χ2n) is 6.54. The molecule has 0 saturated heterocycles. The van der Waals surface area contributed by atoms with Crippen molar-refractivity contribution < 1.29 is 19.1 Å². The van der Waals surface area contributed by atoms with Gasteiger partial charge in [0.05, 0.1) is 19.8 Å². The van der Waals surface area contributed by atoms with Crippen LogP contribution in [-0.2, 0) is 26.1 Å². The summed E-state index contributed by atoms with van der Waals surface area (Å²) in [5.41, 5.74) is 3.82. The van der Waals surface area contributed by atoms with Crippen LogP contribution >= 0.6 is 0 Å². The van der Waals surface area contributed by atoms with Gasteiger partial charge >= 0.3 is 11.9 Å². The van der Waals surface area contributed by atoms with Crippen LogP contribution in [0.4, 0.5) is 0 Å². The van der Waals surface area contributed by atoms with E-state index in [-0.39, 0.29) is 17.9 Å². The van der Waals surface area contributed by atoms with Crippen molar-refractivity contribution in [2.24, 2.45) is 5.92 Å². The summed E-state index contributed by atoms with van der Waals surface area (Å²) in [5, 5.41) is 0. The molecule has 4 heteroatoms. The van der Waals surface area contributed by atoms with E-state index in [0.29, 0.717) is 12.0 Å². The largest absolute Gasteiger partial charge is 0.468 e. The summed E-state index contributed by atoms with van der Waals surface area (Å²) >= 11 is 0. The van der Waals surface area contributed by atoms with E-state index in [0.717, 1.165) is 35.1 Å². The number of carbonyl (C=O) groups excluding carboxylic acids is 2. The van der Waals surface area contributed by atoms with Crippen molar-refractivity contribution in [2.75, 3.05) is 14.2 Å². The Labute approximate surface area is 142 Å². The number of esters is 2. The SMILES string of the molecule is C=C1CC2Cc3cc(C(=O)OC)ccc3C(C(=O)OC)(C1)/C2=C\C. The molecule has 2 aliphatic carbocycles. The normalized spacial score (nSPS) is 26.7. The number of benzene rings is 1. The molecule has 0 amide bonds. The fourth-order valence-corrected chi connectivity index (χ4v) is 4.43. The highest BCUT2D eigenvalue weighted by Gasteiger charge is 2.53. The molecule has 126 valence electrons. The number of rotatable bonds is 2. The Morgan fingerprint density at radius 3 is 2.62 bits per heavy atom. The summed E-state index contributed by atoms with van der Waals surface area (Å²) in [5.74, 6) is -0.403. The maximum atomic E-state index is 12.9. The summed E-state index contributed by atoms with van der Waals surface area (Å²) in [4.78, 5) is 24.7. The molecule has 1 fully saturated rings. The molecule has 0 radical (unpaired) electrons. The van der Waals surface area contributed by atoms with E-state index in [2.05, 4.69) is 6.58 Å². The number of carbonyl (C=O) groups is 2. The van der Waals surface area contributed by atoms with E-state index in [4.69, 9.17) is 9.47 Å². The second-order valence-corrected chi connectivity index (χ2v) is 6.54. The lowest BCUT2D eigenvalue weighted by Gasteiger charge is -2.47. The Hall–Kier alpha value is -2.36. The smallest absolute Gasteiger partial charge is 0.337 e. The maximum Gasteiger partial charge on any atom is 0.337 e. The van der Waals surface area contributed by atoms with Crippen LogP contribution < -0.4 is 0 Å². The Kier molecular flexibility index (Phi) is 4.08. The zero-order valence-electron chi connectivity index (χ0n) is 14.3. The zero-order valence-corrected chi connectivity index (χ0v) is 14.3. The fourth-order valence-electron chi connectivity index (χ4n) is 4.43. The van der Waals surface area contributed by atoms with Crippen LogP contribution in [0.3, 0.4) is 0 Å². The quantitative estimate of drug-likeness (QED) is 0.618. The lowest BCUT2D eigenvalue weighted by atomic mass is 9.55. The topological polar surface area (TPSA) is 52.6 Å². The number of hydrogen-bond acceptors (Lipinski definition) is 4. The van der Waals surface area contributed by atoms with Crippen molar-refractivity contribution in [1.29, 1.82) is 0 Å². The minimum atomic E-state index is -0.814. The van der Waals surface area contributed by atoms with Gasteiger partial charge in [-0.1, -0.05) is 24.3 Å². The average Bonchev–Trinajstić information content (AvgIpc) is 2.58. The van der Waals surface area contributed by atoms with Crippen LogP contribution in [0.1, 0.15) is 41.3 Å². The molecule has 1 aromatic rings. The van der Waals surface area contributed by atoms with Gasteiger partial charge in [0, 0.05) is 0 Å². The third-order valence-corrected chi connectivity index (χ3v) is 5.28. The molecule has 4 nitrogen and oxygen atoms in total. The van der Waals surface area contributed by atoms with E-state index in [1.165, 1.54) is 14.2 Å². The summed E-state index contributed by atoms with van der Waals surface area (Å²) in [6.07, 6.45) is 4.25. The minimum absolute atomic E-state index is 0.218. The molecule has 2 unspecified atom stereocenters. The van der Waals surface area contributed by atoms with Crippen molar-refractivity contribution in [3.05, 3.63) is 58.7 Å². The van der Waals surface area contributed by atoms with E-state index in [9.17, 15) is 9.59 Å². The third-order valence-electron chi connectivity index (χ3n) is 5.28. The Bertz CT molecular complexity index is 759. The van der Waals surface area contributed by atoms with Gasteiger partial charge in [-0.15, -0.1) is 0 Å². The van der Waals surface area contributed by atoms with Gasteiger partial charge in [-0.2, -0.15) is 0 Å². The van der Waals surface area contributed by atoms with E-state index >= 15 is 0 Å². The molecular weight excluding hydrogens is 304 g/mol. The Balaban J connectivity index is 2.25. The predicted molar refractivity (Wildman–Crippen MR) is 90.8 cm³/mol. The van der Waals surface area contributed by atoms with Gasteiger partial charge < -0.3 is 9.47 Å². The van der Waals surface area contributed by atoms with Gasteiger partial charge in [0.2, 0.25) is 0 Å². The van der Waals surface area contributed by atoms with Crippen LogP contribution in [0.5, 0.6) is 0 Å². The fraction of sp³-hybridized carbons (Fsp3) is 0.400. The van der Waals surface area contributed by atoms with Gasteiger partial charge in [-0.05, 0) is 60.9 Å². The molecular formula is C20H22O4. The van der Waals surface area contributed by atoms with E-state index < -0.39 is 5.41 Å². The molecule has 1 aromatic carbocycles. The summed E-state index contributed by atoms with van der Waals surface area (Å²) < 4.78 is 10.0. The number of hydrogen-bond donors (Lipinski definition) is 0. The van der Waals surface area contributed by atoms with Gasteiger partial charge in [0.15, 0.2) is 0 Å². The average molecular weight is 326 g/mol. The monoisotopic (exact) mass is 326 g/mol. The minimum Gasteiger partial charge on any atom is -0.468 e. The maximum absolute atomic E-state index is 12.9. The summed E-state index contributed by atoms with van der Waals surface area (Å²) in [7, 11) is 2.79. The molecule has 0 N–H and O–H groups in total. The number of fused-ring (bicyclic) bond motifs is 4. The number of methoxy groups -OCH3 is 2. The number of ether oxygens (including phenoxy) is 2. The first-order chi connectivity index (χ1) is 11.5. The third kappa shape index (κ3) is 2.20. The van der Waals surface area contributed by atoms with E-state index in [1.807, 2.05) is 25.1 Å². The molecule has 0 heterocycles. The first-order valence-electron chi connectivity index (χ1n) is 8.11. The Morgan fingerprint density at radius 1 is 1.25 bits per heavy atom. The van der Waals surface area contributed by atoms with Crippen molar-refractivity contribution in [3.63, 3.8) is 0 Å². The molecule has 2 atom stereocenters. The van der Waals surface area contributed by atoms with Crippen molar-refractivity contribution in [3.8, 4) is 0 Å². The Morgan fingerprint density at radius 2 is 2.00 bits per heavy atom. The summed E-state index contributed by atoms with van der Waals surface area (Å²) in [6, 6.07) is 5.45. The van der Waals surface area contributed by atoms with Crippen molar-refractivity contribution in [2.45, 2.75) is 31.6 Å². The molecule has 1 saturated carbocycles. The highest BCUT2D eigenvalue weighted by molar-refractivity contribution is 5.92. The molecule has 0 spiro atoms. The van der Waals surface area contributed by atoms with E-state index in [1.54, 1.807) is 6.07 Å². The van der Waals surface area contributed by atoms with Gasteiger partial charge in [-0.25, -0.2) is 4.79 Å². The van der Waals surface area contributed by atoms with Crippen LogP contribution in [0.15, 0.2) is 42.0 Å². The van der Waals surface area contributed by atoms with Crippen LogP contribution in [0, 0.1) is 5.92 Å². The molecule has 0 aliphatic heterocycles. The molecule has 0 aromatic heterocycles. The van der Waals surface area contributed by atoms with Gasteiger partial charge in [0.25, 0.3) is 0 Å². The molecule has 2 bridgehead atoms. The predicted octanol–water partition coefficient (Wildman–Crippen LogP) is 3.35. The molecule has 2 aliphatic rings. The lowest BCUT2D eigenvalue weighted by Crippen LogP contribution is -2.48. The standard InChI is InChI=1S/C20H22O4/c1-5-16-14-8-12(2)11-20(16,19(22)24-4)17-7-6-13(18(21)23-3)9-15(17)10-14/h5-7,9,14H,2,8,10-11H2,1,3-4H3/b16-5-. The van der Waals surface area contributed by atoms with Crippen LogP contribution in [0.25, 0.3) is 0 Å².